The number of fused-ring (bicyclic) bond motifs is 1. The monoisotopic (exact) mass is 257 g/mol. The molecule has 0 aliphatic heterocycles. The molecule has 2 rings (SSSR count). The molecule has 1 atom stereocenters. The van der Waals surface area contributed by atoms with Crippen molar-refractivity contribution >= 4 is 22.4 Å². The quantitative estimate of drug-likeness (QED) is 0.857. The van der Waals surface area contributed by atoms with Crippen LogP contribution in [0, 0.1) is 5.92 Å². The van der Waals surface area contributed by atoms with Crippen molar-refractivity contribution in [3.8, 4) is 0 Å². The molecule has 0 spiro atoms. The van der Waals surface area contributed by atoms with Gasteiger partial charge in [-0.3, -0.25) is 0 Å². The third kappa shape index (κ3) is 3.25. The molecule has 0 amide bonds. The molecule has 0 unspecified atom stereocenters. The Labute approximate surface area is 113 Å². The second-order valence-electron chi connectivity index (χ2n) is 5.19. The van der Waals surface area contributed by atoms with Gasteiger partial charge < -0.3 is 10.4 Å². The van der Waals surface area contributed by atoms with Crippen LogP contribution in [0.25, 0.3) is 10.8 Å². The summed E-state index contributed by atoms with van der Waals surface area (Å²) in [6, 6.07) is 13.3. The lowest BCUT2D eigenvalue weighted by Gasteiger charge is -2.19. The molecule has 2 aromatic carbocycles. The number of hydrogen-bond acceptors (Lipinski definition) is 2. The Morgan fingerprint density at radius 2 is 1.84 bits per heavy atom. The van der Waals surface area contributed by atoms with Crippen LogP contribution in [-0.4, -0.2) is 17.1 Å². The predicted molar refractivity (Wildman–Crippen MR) is 78.4 cm³/mol. The molecule has 19 heavy (non-hydrogen) atoms. The van der Waals surface area contributed by atoms with Gasteiger partial charge in [-0.1, -0.05) is 50.2 Å². The van der Waals surface area contributed by atoms with E-state index in [1.165, 1.54) is 0 Å². The van der Waals surface area contributed by atoms with Gasteiger partial charge in [-0.25, -0.2) is 4.79 Å². The molecular weight excluding hydrogens is 238 g/mol. The summed E-state index contributed by atoms with van der Waals surface area (Å²) >= 11 is 0. The minimum absolute atomic E-state index is 0.337. The fourth-order valence-electron chi connectivity index (χ4n) is 2.23. The van der Waals surface area contributed by atoms with E-state index in [1.54, 1.807) is 0 Å². The number of rotatable bonds is 5. The van der Waals surface area contributed by atoms with Gasteiger partial charge in [-0.05, 0) is 23.8 Å². The Bertz CT molecular complexity index is 572. The Morgan fingerprint density at radius 1 is 1.16 bits per heavy atom. The lowest BCUT2D eigenvalue weighted by molar-refractivity contribution is -0.138. The zero-order valence-electron chi connectivity index (χ0n) is 11.3. The average Bonchev–Trinajstić information content (AvgIpc) is 2.37. The average molecular weight is 257 g/mol. The highest BCUT2D eigenvalue weighted by atomic mass is 16.4. The molecule has 2 aromatic rings. The van der Waals surface area contributed by atoms with Crippen molar-refractivity contribution in [2.45, 2.75) is 26.3 Å². The van der Waals surface area contributed by atoms with E-state index in [9.17, 15) is 9.90 Å². The van der Waals surface area contributed by atoms with Crippen LogP contribution >= 0.6 is 0 Å². The van der Waals surface area contributed by atoms with Gasteiger partial charge >= 0.3 is 5.97 Å². The first-order valence-electron chi connectivity index (χ1n) is 6.55. The van der Waals surface area contributed by atoms with Crippen molar-refractivity contribution in [3.63, 3.8) is 0 Å². The lowest BCUT2D eigenvalue weighted by Crippen LogP contribution is -2.30. The fraction of sp³-hybridized carbons (Fsp3) is 0.312. The SMILES string of the molecule is CC(C)C[C@@H](Nc1cccc2ccccc12)C(=O)O. The van der Waals surface area contributed by atoms with Crippen LogP contribution in [0.3, 0.4) is 0 Å². The van der Waals surface area contributed by atoms with Gasteiger partial charge in [0.15, 0.2) is 0 Å². The van der Waals surface area contributed by atoms with E-state index in [-0.39, 0.29) is 0 Å². The van der Waals surface area contributed by atoms with E-state index in [1.807, 2.05) is 56.3 Å². The summed E-state index contributed by atoms with van der Waals surface area (Å²) in [6.45, 7) is 4.06. The summed E-state index contributed by atoms with van der Waals surface area (Å²) in [5.74, 6) is -0.467. The van der Waals surface area contributed by atoms with Gasteiger partial charge in [-0.15, -0.1) is 0 Å². The smallest absolute Gasteiger partial charge is 0.326 e. The number of carboxylic acid groups (broad SMARTS) is 1. The van der Waals surface area contributed by atoms with E-state index in [2.05, 4.69) is 5.32 Å². The Kier molecular flexibility index (Phi) is 4.05. The molecule has 0 radical (unpaired) electrons. The second kappa shape index (κ2) is 5.74. The highest BCUT2D eigenvalue weighted by Crippen LogP contribution is 2.24. The molecule has 0 heterocycles. The molecule has 3 nitrogen and oxygen atoms in total. The van der Waals surface area contributed by atoms with Gasteiger partial charge in [0, 0.05) is 11.1 Å². The number of anilines is 1. The van der Waals surface area contributed by atoms with Crippen molar-refractivity contribution in [1.29, 1.82) is 0 Å². The zero-order valence-corrected chi connectivity index (χ0v) is 11.3. The Hall–Kier alpha value is -2.03. The normalized spacial score (nSPS) is 12.6. The summed E-state index contributed by atoms with van der Waals surface area (Å²) in [5.41, 5.74) is 0.881. The molecule has 0 bridgehead atoms. The largest absolute Gasteiger partial charge is 0.480 e. The second-order valence-corrected chi connectivity index (χ2v) is 5.19. The van der Waals surface area contributed by atoms with Crippen LogP contribution < -0.4 is 5.32 Å². The predicted octanol–water partition coefficient (Wildman–Crippen LogP) is 3.75. The maximum absolute atomic E-state index is 11.3. The molecule has 0 aromatic heterocycles. The lowest BCUT2D eigenvalue weighted by atomic mass is 10.0. The summed E-state index contributed by atoms with van der Waals surface area (Å²) in [5, 5.41) is 14.6. The minimum Gasteiger partial charge on any atom is -0.480 e. The highest BCUT2D eigenvalue weighted by molar-refractivity contribution is 5.95. The van der Waals surface area contributed by atoms with E-state index < -0.39 is 12.0 Å². The van der Waals surface area contributed by atoms with Gasteiger partial charge in [0.05, 0.1) is 0 Å². The Balaban J connectivity index is 2.31. The van der Waals surface area contributed by atoms with Crippen LogP contribution in [0.1, 0.15) is 20.3 Å². The van der Waals surface area contributed by atoms with Crippen molar-refractivity contribution in [2.24, 2.45) is 5.92 Å². The van der Waals surface area contributed by atoms with E-state index in [0.29, 0.717) is 12.3 Å². The van der Waals surface area contributed by atoms with E-state index >= 15 is 0 Å². The summed E-state index contributed by atoms with van der Waals surface area (Å²) < 4.78 is 0. The maximum atomic E-state index is 11.3. The first kappa shape index (κ1) is 13.4. The third-order valence-corrected chi connectivity index (χ3v) is 3.12. The molecule has 100 valence electrons. The maximum Gasteiger partial charge on any atom is 0.326 e. The van der Waals surface area contributed by atoms with Crippen LogP contribution in [-0.2, 0) is 4.79 Å². The van der Waals surface area contributed by atoms with Crippen molar-refractivity contribution in [1.82, 2.24) is 0 Å². The molecule has 3 heteroatoms. The summed E-state index contributed by atoms with van der Waals surface area (Å²) in [4.78, 5) is 11.3. The molecule has 0 fully saturated rings. The number of carbonyl (C=O) groups is 1. The molecular formula is C16H19NO2. The molecule has 2 N–H and O–H groups in total. The zero-order chi connectivity index (χ0) is 13.8. The van der Waals surface area contributed by atoms with Crippen LogP contribution in [0.2, 0.25) is 0 Å². The number of benzene rings is 2. The first-order valence-corrected chi connectivity index (χ1v) is 6.55. The fourth-order valence-corrected chi connectivity index (χ4v) is 2.23. The van der Waals surface area contributed by atoms with Gasteiger partial charge in [-0.2, -0.15) is 0 Å². The minimum atomic E-state index is -0.804. The number of hydrogen-bond donors (Lipinski definition) is 2. The number of nitrogens with one attached hydrogen (secondary N) is 1. The van der Waals surface area contributed by atoms with Gasteiger partial charge in [0.25, 0.3) is 0 Å². The van der Waals surface area contributed by atoms with E-state index in [4.69, 9.17) is 0 Å². The van der Waals surface area contributed by atoms with Crippen LogP contribution in [0.5, 0.6) is 0 Å². The first-order chi connectivity index (χ1) is 9.08. The summed E-state index contributed by atoms with van der Waals surface area (Å²) in [6.07, 6.45) is 0.610. The van der Waals surface area contributed by atoms with Crippen molar-refractivity contribution in [3.05, 3.63) is 42.5 Å². The van der Waals surface area contributed by atoms with Crippen LogP contribution in [0.15, 0.2) is 42.5 Å². The van der Waals surface area contributed by atoms with Gasteiger partial charge in [0.2, 0.25) is 0 Å². The molecule has 0 aliphatic rings. The number of carboxylic acids is 1. The topological polar surface area (TPSA) is 49.3 Å². The third-order valence-electron chi connectivity index (χ3n) is 3.12. The standard InChI is InChI=1S/C16H19NO2/c1-11(2)10-15(16(18)19)17-14-9-5-7-12-6-3-4-8-13(12)14/h3-9,11,15,17H,10H2,1-2H3,(H,18,19)/t15-/m1/s1. The van der Waals surface area contributed by atoms with Gasteiger partial charge in [0.1, 0.15) is 6.04 Å². The highest BCUT2D eigenvalue weighted by Gasteiger charge is 2.19. The van der Waals surface area contributed by atoms with Crippen molar-refractivity contribution in [2.75, 3.05) is 5.32 Å². The molecule has 0 saturated heterocycles. The van der Waals surface area contributed by atoms with E-state index in [0.717, 1.165) is 16.5 Å². The molecule has 0 aliphatic carbocycles. The van der Waals surface area contributed by atoms with Crippen molar-refractivity contribution < 1.29 is 9.90 Å². The Morgan fingerprint density at radius 3 is 2.53 bits per heavy atom. The number of aliphatic carboxylic acids is 1. The van der Waals surface area contributed by atoms with Crippen LogP contribution in [0.4, 0.5) is 5.69 Å². The molecule has 0 saturated carbocycles. The summed E-state index contributed by atoms with van der Waals surface area (Å²) in [7, 11) is 0.